The number of carbonyl (C=O) groups is 1. The van der Waals surface area contributed by atoms with Crippen LogP contribution in [0.25, 0.3) is 0 Å². The highest BCUT2D eigenvalue weighted by atomic mass is 32.2. The molecule has 1 aromatic carbocycles. The monoisotopic (exact) mass is 348 g/mol. The van der Waals surface area contributed by atoms with Gasteiger partial charge < -0.3 is 26.3 Å². The molecule has 24 heavy (non-hydrogen) atoms. The van der Waals surface area contributed by atoms with Crippen LogP contribution in [0.4, 0.5) is 11.9 Å². The Balaban J connectivity index is 1.56. The third-order valence-corrected chi connectivity index (χ3v) is 4.17. The van der Waals surface area contributed by atoms with E-state index in [0.717, 1.165) is 17.3 Å². The number of nitrogens with zero attached hydrogens (tertiary/aromatic N) is 3. The molecule has 2 heterocycles. The minimum atomic E-state index is -0.416. The van der Waals surface area contributed by atoms with Gasteiger partial charge in [-0.2, -0.15) is 15.0 Å². The molecule has 0 spiro atoms. The Bertz CT molecular complexity index is 752. The van der Waals surface area contributed by atoms with Crippen LogP contribution in [0.5, 0.6) is 11.5 Å². The fraction of sp³-hybridized carbons (Fsp3) is 0.286. The average molecular weight is 348 g/mol. The maximum Gasteiger partial charge on any atom is 0.233 e. The lowest BCUT2D eigenvalue weighted by molar-refractivity contribution is -0.120. The molecule has 0 saturated carbocycles. The van der Waals surface area contributed by atoms with Crippen LogP contribution >= 0.6 is 11.8 Å². The van der Waals surface area contributed by atoms with Crippen LogP contribution in [0.15, 0.2) is 23.4 Å². The molecule has 0 bridgehead atoms. The van der Waals surface area contributed by atoms with Gasteiger partial charge in [0.1, 0.15) is 0 Å². The van der Waals surface area contributed by atoms with Crippen LogP contribution in [-0.4, -0.2) is 32.9 Å². The molecule has 5 N–H and O–H groups in total. The topological polar surface area (TPSA) is 138 Å². The first kappa shape index (κ1) is 16.1. The molecule has 0 aliphatic carbocycles. The molecule has 1 amide bonds. The van der Waals surface area contributed by atoms with Crippen LogP contribution in [0.1, 0.15) is 12.5 Å². The van der Waals surface area contributed by atoms with Gasteiger partial charge in [0, 0.05) is 6.54 Å². The van der Waals surface area contributed by atoms with Crippen molar-refractivity contribution in [1.29, 1.82) is 0 Å². The van der Waals surface area contributed by atoms with E-state index in [1.807, 2.05) is 18.2 Å². The van der Waals surface area contributed by atoms with Crippen molar-refractivity contribution in [1.82, 2.24) is 20.3 Å². The summed E-state index contributed by atoms with van der Waals surface area (Å²) in [5.74, 6) is 1.28. The summed E-state index contributed by atoms with van der Waals surface area (Å²) >= 11 is 1.16. The summed E-state index contributed by atoms with van der Waals surface area (Å²) in [7, 11) is 0. The number of hydrogen-bond donors (Lipinski definition) is 3. The summed E-state index contributed by atoms with van der Waals surface area (Å²) in [6.07, 6.45) is 0. The Kier molecular flexibility index (Phi) is 4.56. The zero-order valence-corrected chi connectivity index (χ0v) is 13.7. The molecule has 0 radical (unpaired) electrons. The number of thioether (sulfide) groups is 1. The maximum absolute atomic E-state index is 12.2. The molecular weight excluding hydrogens is 332 g/mol. The third-order valence-electron chi connectivity index (χ3n) is 3.20. The van der Waals surface area contributed by atoms with Gasteiger partial charge in [-0.25, -0.2) is 0 Å². The number of carbonyl (C=O) groups excluding carboxylic acids is 1. The number of fused-ring (bicyclic) bond motifs is 1. The largest absolute Gasteiger partial charge is 0.454 e. The third kappa shape index (κ3) is 3.77. The van der Waals surface area contributed by atoms with Crippen LogP contribution in [0, 0.1) is 0 Å². The highest BCUT2D eigenvalue weighted by molar-refractivity contribution is 8.00. The van der Waals surface area contributed by atoms with Gasteiger partial charge in [-0.05, 0) is 24.6 Å². The Morgan fingerprint density at radius 3 is 2.71 bits per heavy atom. The fourth-order valence-corrected chi connectivity index (χ4v) is 2.84. The highest BCUT2D eigenvalue weighted by Crippen LogP contribution is 2.32. The maximum atomic E-state index is 12.2. The lowest BCUT2D eigenvalue weighted by Crippen LogP contribution is -2.30. The lowest BCUT2D eigenvalue weighted by Gasteiger charge is -2.11. The zero-order chi connectivity index (χ0) is 17.1. The predicted octanol–water partition coefficient (Wildman–Crippen LogP) is 0.562. The van der Waals surface area contributed by atoms with E-state index in [0.29, 0.717) is 23.2 Å². The van der Waals surface area contributed by atoms with Crippen molar-refractivity contribution in [2.45, 2.75) is 23.9 Å². The van der Waals surface area contributed by atoms with E-state index in [4.69, 9.17) is 20.9 Å². The van der Waals surface area contributed by atoms with E-state index in [1.165, 1.54) is 0 Å². The number of benzene rings is 1. The highest BCUT2D eigenvalue weighted by Gasteiger charge is 2.18. The second kappa shape index (κ2) is 6.79. The van der Waals surface area contributed by atoms with Gasteiger partial charge in [-0.15, -0.1) is 0 Å². The molecule has 2 aromatic rings. The van der Waals surface area contributed by atoms with Crippen molar-refractivity contribution >= 4 is 29.6 Å². The summed E-state index contributed by atoms with van der Waals surface area (Å²) in [5, 5.41) is 2.74. The molecule has 1 aromatic heterocycles. The van der Waals surface area contributed by atoms with Gasteiger partial charge in [0.05, 0.1) is 5.25 Å². The molecule has 9 nitrogen and oxygen atoms in total. The van der Waals surface area contributed by atoms with Crippen LogP contribution in [0.3, 0.4) is 0 Å². The van der Waals surface area contributed by atoms with Crippen molar-refractivity contribution < 1.29 is 14.3 Å². The van der Waals surface area contributed by atoms with Crippen molar-refractivity contribution in [2.75, 3.05) is 18.3 Å². The van der Waals surface area contributed by atoms with Crippen molar-refractivity contribution in [2.24, 2.45) is 0 Å². The minimum Gasteiger partial charge on any atom is -0.454 e. The first-order valence-electron chi connectivity index (χ1n) is 7.11. The number of anilines is 2. The summed E-state index contributed by atoms with van der Waals surface area (Å²) in [6, 6.07) is 5.53. The van der Waals surface area contributed by atoms with E-state index in [9.17, 15) is 4.79 Å². The average Bonchev–Trinajstić information content (AvgIpc) is 2.99. The molecular formula is C14H16N6O3S. The number of nitrogens with one attached hydrogen (secondary N) is 1. The van der Waals surface area contributed by atoms with E-state index in [1.54, 1.807) is 6.92 Å². The molecule has 0 saturated heterocycles. The van der Waals surface area contributed by atoms with Gasteiger partial charge in [0.15, 0.2) is 16.7 Å². The van der Waals surface area contributed by atoms with Gasteiger partial charge in [-0.3, -0.25) is 4.79 Å². The standard InChI is InChI=1S/C14H16N6O3S/c1-7(24-14-19-12(15)18-13(16)20-14)11(21)17-5-8-2-3-9-10(4-8)23-6-22-9/h2-4,7H,5-6H2,1H3,(H,17,21)(H4,15,16,18,19,20)/t7-/m1/s1. The predicted molar refractivity (Wildman–Crippen MR) is 88.4 cm³/mol. The number of nitrogens with two attached hydrogens (primary N) is 2. The summed E-state index contributed by atoms with van der Waals surface area (Å²) in [5.41, 5.74) is 11.9. The number of ether oxygens (including phenoxy) is 2. The Morgan fingerprint density at radius 2 is 1.96 bits per heavy atom. The summed E-state index contributed by atoms with van der Waals surface area (Å²) < 4.78 is 10.6. The number of rotatable bonds is 5. The Hall–Kier alpha value is -2.75. The second-order valence-corrected chi connectivity index (χ2v) is 6.31. The fourth-order valence-electron chi connectivity index (χ4n) is 2.04. The van der Waals surface area contributed by atoms with E-state index >= 15 is 0 Å². The molecule has 0 fully saturated rings. The lowest BCUT2D eigenvalue weighted by atomic mass is 10.2. The minimum absolute atomic E-state index is 0.0259. The molecule has 1 atom stereocenters. The van der Waals surface area contributed by atoms with Crippen LogP contribution in [-0.2, 0) is 11.3 Å². The van der Waals surface area contributed by atoms with E-state index in [2.05, 4.69) is 20.3 Å². The first-order chi connectivity index (χ1) is 11.5. The van der Waals surface area contributed by atoms with Gasteiger partial charge in [0.25, 0.3) is 0 Å². The van der Waals surface area contributed by atoms with E-state index < -0.39 is 5.25 Å². The Labute approximate surface area is 142 Å². The summed E-state index contributed by atoms with van der Waals surface area (Å²) in [4.78, 5) is 23.8. The molecule has 126 valence electrons. The zero-order valence-electron chi connectivity index (χ0n) is 12.9. The molecule has 10 heteroatoms. The van der Waals surface area contributed by atoms with Crippen molar-refractivity contribution in [3.05, 3.63) is 23.8 Å². The number of amides is 1. The molecule has 1 aliphatic heterocycles. The first-order valence-corrected chi connectivity index (χ1v) is 7.99. The van der Waals surface area contributed by atoms with Crippen LogP contribution in [0.2, 0.25) is 0 Å². The number of hydrogen-bond acceptors (Lipinski definition) is 9. The van der Waals surface area contributed by atoms with Crippen molar-refractivity contribution in [3.8, 4) is 11.5 Å². The van der Waals surface area contributed by atoms with Crippen molar-refractivity contribution in [3.63, 3.8) is 0 Å². The smallest absolute Gasteiger partial charge is 0.233 e. The van der Waals surface area contributed by atoms with Gasteiger partial charge >= 0.3 is 0 Å². The SMILES string of the molecule is C[C@@H](Sc1nc(N)nc(N)n1)C(=O)NCc1ccc2c(c1)OCO2. The second-order valence-electron chi connectivity index (χ2n) is 5.00. The normalized spacial score (nSPS) is 13.5. The van der Waals surface area contributed by atoms with E-state index in [-0.39, 0.29) is 24.6 Å². The molecule has 3 rings (SSSR count). The summed E-state index contributed by atoms with van der Waals surface area (Å²) in [6.45, 7) is 2.34. The van der Waals surface area contributed by atoms with Crippen LogP contribution < -0.4 is 26.3 Å². The quantitative estimate of drug-likeness (QED) is 0.661. The molecule has 1 aliphatic rings. The molecule has 0 unspecified atom stereocenters. The number of aromatic nitrogens is 3. The van der Waals surface area contributed by atoms with Gasteiger partial charge in [-0.1, -0.05) is 17.8 Å². The number of nitrogen functional groups attached to an aromatic ring is 2. The van der Waals surface area contributed by atoms with Gasteiger partial charge in [0.2, 0.25) is 24.6 Å². The Morgan fingerprint density at radius 1 is 1.25 bits per heavy atom.